The molecule has 0 aromatic carbocycles. The predicted octanol–water partition coefficient (Wildman–Crippen LogP) is 1.20. The van der Waals surface area contributed by atoms with E-state index in [0.717, 1.165) is 0 Å². The van der Waals surface area contributed by atoms with E-state index in [1.165, 1.54) is 0 Å². The summed E-state index contributed by atoms with van der Waals surface area (Å²) in [5.41, 5.74) is -0.466. The number of rotatable bonds is 1. The third-order valence-electron chi connectivity index (χ3n) is 1.82. The minimum Gasteiger partial charge on any atom is -0.444 e. The van der Waals surface area contributed by atoms with Crippen molar-refractivity contribution in [3.05, 3.63) is 0 Å². The summed E-state index contributed by atoms with van der Waals surface area (Å²) in [6, 6.07) is 0.106. The van der Waals surface area contributed by atoms with Crippen molar-refractivity contribution in [1.82, 2.24) is 10.6 Å². The van der Waals surface area contributed by atoms with Crippen LogP contribution in [0.3, 0.4) is 0 Å². The molecular formula is C9H16N2O2S. The molecule has 80 valence electrons. The van der Waals surface area contributed by atoms with Gasteiger partial charge in [0, 0.05) is 0 Å². The number of carbonyl (C=O) groups excluding carboxylic acids is 1. The quantitative estimate of drug-likeness (QED) is 0.647. The van der Waals surface area contributed by atoms with Crippen LogP contribution < -0.4 is 10.6 Å². The van der Waals surface area contributed by atoms with Gasteiger partial charge in [-0.2, -0.15) is 0 Å². The molecule has 0 aromatic rings. The lowest BCUT2D eigenvalue weighted by Crippen LogP contribution is -2.67. The van der Waals surface area contributed by atoms with Gasteiger partial charge in [0.25, 0.3) is 0 Å². The molecule has 5 heteroatoms. The van der Waals surface area contributed by atoms with Gasteiger partial charge in [0.05, 0.1) is 6.04 Å². The Balaban J connectivity index is 2.38. The molecule has 0 spiro atoms. The fourth-order valence-electron chi connectivity index (χ4n) is 1.15. The van der Waals surface area contributed by atoms with Crippen molar-refractivity contribution in [2.45, 2.75) is 45.4 Å². The first kappa shape index (κ1) is 11.2. The van der Waals surface area contributed by atoms with Crippen LogP contribution in [0.5, 0.6) is 0 Å². The molecule has 1 saturated heterocycles. The molecular weight excluding hydrogens is 200 g/mol. The van der Waals surface area contributed by atoms with Crippen molar-refractivity contribution in [1.29, 1.82) is 0 Å². The molecule has 0 radical (unpaired) electrons. The largest absolute Gasteiger partial charge is 0.444 e. The van der Waals surface area contributed by atoms with Gasteiger partial charge in [0.1, 0.15) is 16.6 Å². The zero-order chi connectivity index (χ0) is 10.9. The average Bonchev–Trinajstić information content (AvgIpc) is 1.98. The number of nitrogens with one attached hydrogen (secondary N) is 2. The van der Waals surface area contributed by atoms with Crippen LogP contribution in [0.2, 0.25) is 0 Å². The zero-order valence-electron chi connectivity index (χ0n) is 8.88. The van der Waals surface area contributed by atoms with E-state index in [4.69, 9.17) is 17.0 Å². The van der Waals surface area contributed by atoms with Gasteiger partial charge >= 0.3 is 6.09 Å². The maximum atomic E-state index is 11.3. The lowest BCUT2D eigenvalue weighted by atomic mass is 10.0. The van der Waals surface area contributed by atoms with Crippen LogP contribution in [-0.4, -0.2) is 28.8 Å². The third kappa shape index (κ3) is 2.83. The molecule has 0 bridgehead atoms. The Morgan fingerprint density at radius 3 is 2.50 bits per heavy atom. The van der Waals surface area contributed by atoms with Crippen LogP contribution in [0, 0.1) is 0 Å². The first-order chi connectivity index (χ1) is 6.29. The number of thiocarbonyl (C=S) groups is 1. The molecule has 0 aromatic heterocycles. The Kier molecular flexibility index (Phi) is 2.99. The fraction of sp³-hybridized carbons (Fsp3) is 0.778. The zero-order valence-corrected chi connectivity index (χ0v) is 9.70. The molecule has 0 unspecified atom stereocenters. The molecule has 1 aliphatic rings. The Labute approximate surface area is 89.4 Å². The molecule has 1 heterocycles. The van der Waals surface area contributed by atoms with Gasteiger partial charge in [-0.05, 0) is 27.7 Å². The Bertz CT molecular complexity index is 260. The minimum atomic E-state index is -0.466. The van der Waals surface area contributed by atoms with Crippen LogP contribution in [0.4, 0.5) is 4.79 Å². The van der Waals surface area contributed by atoms with Gasteiger partial charge in [0.15, 0.2) is 0 Å². The normalized spacial score (nSPS) is 26.1. The van der Waals surface area contributed by atoms with Crippen LogP contribution in [0.15, 0.2) is 0 Å². The highest BCUT2D eigenvalue weighted by Crippen LogP contribution is 2.10. The molecule has 1 aliphatic heterocycles. The summed E-state index contributed by atoms with van der Waals surface area (Å²) in [7, 11) is 0. The van der Waals surface area contributed by atoms with E-state index in [2.05, 4.69) is 10.6 Å². The van der Waals surface area contributed by atoms with Crippen molar-refractivity contribution in [3.8, 4) is 0 Å². The van der Waals surface area contributed by atoms with E-state index in [0.29, 0.717) is 4.99 Å². The summed E-state index contributed by atoms with van der Waals surface area (Å²) in [5, 5.41) is 5.69. The first-order valence-electron chi connectivity index (χ1n) is 4.59. The van der Waals surface area contributed by atoms with Crippen molar-refractivity contribution in [2.24, 2.45) is 0 Å². The van der Waals surface area contributed by atoms with Gasteiger partial charge in [-0.25, -0.2) is 4.79 Å². The predicted molar refractivity (Wildman–Crippen MR) is 58.4 cm³/mol. The van der Waals surface area contributed by atoms with E-state index in [9.17, 15) is 4.79 Å². The standard InChI is InChI=1S/C9H16N2O2S/c1-5-6(7(14)10-5)11-8(12)13-9(2,3)4/h5-6H,1-4H3,(H,10,14)(H,11,12)/t5-,6-/m0/s1. The van der Waals surface area contributed by atoms with E-state index in [1.807, 2.05) is 27.7 Å². The summed E-state index contributed by atoms with van der Waals surface area (Å²) in [4.78, 5) is 12.0. The number of amides is 1. The van der Waals surface area contributed by atoms with E-state index < -0.39 is 11.7 Å². The summed E-state index contributed by atoms with van der Waals surface area (Å²) in [6.07, 6.45) is -0.418. The lowest BCUT2D eigenvalue weighted by molar-refractivity contribution is 0.0505. The Morgan fingerprint density at radius 2 is 2.14 bits per heavy atom. The second kappa shape index (κ2) is 3.73. The van der Waals surface area contributed by atoms with Crippen LogP contribution >= 0.6 is 12.2 Å². The number of hydrogen-bond acceptors (Lipinski definition) is 3. The van der Waals surface area contributed by atoms with Gasteiger partial charge in [-0.15, -0.1) is 0 Å². The maximum Gasteiger partial charge on any atom is 0.408 e. The highest BCUT2D eigenvalue weighted by Gasteiger charge is 2.34. The van der Waals surface area contributed by atoms with Gasteiger partial charge in [-0.3, -0.25) is 0 Å². The van der Waals surface area contributed by atoms with Gasteiger partial charge < -0.3 is 15.4 Å². The van der Waals surface area contributed by atoms with Crippen molar-refractivity contribution >= 4 is 23.3 Å². The number of alkyl carbamates (subject to hydrolysis) is 1. The average molecular weight is 216 g/mol. The summed E-state index contributed by atoms with van der Waals surface area (Å²) in [6.45, 7) is 7.44. The number of hydrogen-bond donors (Lipinski definition) is 2. The SMILES string of the molecule is C[C@@H]1NC(=S)[C@H]1NC(=O)OC(C)(C)C. The lowest BCUT2D eigenvalue weighted by Gasteiger charge is -2.37. The smallest absolute Gasteiger partial charge is 0.408 e. The molecule has 0 aliphatic carbocycles. The third-order valence-corrected chi connectivity index (χ3v) is 2.20. The van der Waals surface area contributed by atoms with Crippen molar-refractivity contribution < 1.29 is 9.53 Å². The Hall–Kier alpha value is -0.840. The molecule has 0 saturated carbocycles. The molecule has 1 amide bonds. The molecule has 1 fully saturated rings. The van der Waals surface area contributed by atoms with E-state index >= 15 is 0 Å². The van der Waals surface area contributed by atoms with E-state index in [-0.39, 0.29) is 12.1 Å². The van der Waals surface area contributed by atoms with Crippen LogP contribution in [0.25, 0.3) is 0 Å². The molecule has 14 heavy (non-hydrogen) atoms. The van der Waals surface area contributed by atoms with E-state index in [1.54, 1.807) is 0 Å². The van der Waals surface area contributed by atoms with Crippen LogP contribution in [-0.2, 0) is 4.74 Å². The maximum absolute atomic E-state index is 11.3. The van der Waals surface area contributed by atoms with Crippen LogP contribution in [0.1, 0.15) is 27.7 Å². The van der Waals surface area contributed by atoms with Gasteiger partial charge in [0.2, 0.25) is 0 Å². The first-order valence-corrected chi connectivity index (χ1v) is 5.00. The Morgan fingerprint density at radius 1 is 1.57 bits per heavy atom. The summed E-state index contributed by atoms with van der Waals surface area (Å²) >= 11 is 4.96. The monoisotopic (exact) mass is 216 g/mol. The summed E-state index contributed by atoms with van der Waals surface area (Å²) < 4.78 is 5.10. The number of carbonyl (C=O) groups is 1. The topological polar surface area (TPSA) is 50.4 Å². The highest BCUT2D eigenvalue weighted by molar-refractivity contribution is 7.80. The summed E-state index contributed by atoms with van der Waals surface area (Å²) in [5.74, 6) is 0. The number of ether oxygens (including phenoxy) is 1. The molecule has 2 N–H and O–H groups in total. The molecule has 2 atom stereocenters. The second-order valence-electron chi connectivity index (χ2n) is 4.42. The molecule has 4 nitrogen and oxygen atoms in total. The van der Waals surface area contributed by atoms with Gasteiger partial charge in [-0.1, -0.05) is 12.2 Å². The van der Waals surface area contributed by atoms with Crippen molar-refractivity contribution in [2.75, 3.05) is 0 Å². The molecule has 1 rings (SSSR count). The minimum absolute atomic E-state index is 0.0835. The highest BCUT2D eigenvalue weighted by atomic mass is 32.1. The fourth-order valence-corrected chi connectivity index (χ4v) is 1.60. The van der Waals surface area contributed by atoms with Crippen molar-refractivity contribution in [3.63, 3.8) is 0 Å². The second-order valence-corrected chi connectivity index (χ2v) is 4.86.